The van der Waals surface area contributed by atoms with Gasteiger partial charge >= 0.3 is 0 Å². The highest BCUT2D eigenvalue weighted by atomic mass is 16.5. The van der Waals surface area contributed by atoms with Gasteiger partial charge in [0.2, 0.25) is 0 Å². The van der Waals surface area contributed by atoms with Gasteiger partial charge in [-0.15, -0.1) is 0 Å². The van der Waals surface area contributed by atoms with E-state index in [1.54, 1.807) is 7.11 Å². The van der Waals surface area contributed by atoms with Crippen LogP contribution in [0.1, 0.15) is 38.9 Å². The van der Waals surface area contributed by atoms with Gasteiger partial charge in [0, 0.05) is 0 Å². The number of benzene rings is 1. The Labute approximate surface area is 110 Å². The lowest BCUT2D eigenvalue weighted by Gasteiger charge is -2.18. The number of ether oxygens (including phenoxy) is 2. The average molecular weight is 252 g/mol. The van der Waals surface area contributed by atoms with Crippen LogP contribution in [0.2, 0.25) is 0 Å². The number of aliphatic hydroxyl groups excluding tert-OH is 1. The van der Waals surface area contributed by atoms with Gasteiger partial charge in [-0.1, -0.05) is 26.0 Å². The molecule has 2 unspecified atom stereocenters. The molecule has 0 fully saturated rings. The maximum Gasteiger partial charge on any atom is 0.118 e. The minimum absolute atomic E-state index is 0.179. The molecule has 0 aromatic heterocycles. The molecule has 0 saturated carbocycles. The van der Waals surface area contributed by atoms with Crippen LogP contribution in [0, 0.1) is 5.92 Å². The normalized spacial score (nSPS) is 14.6. The fourth-order valence-electron chi connectivity index (χ4n) is 1.91. The number of hydrogen-bond acceptors (Lipinski definition) is 3. The van der Waals surface area contributed by atoms with Gasteiger partial charge in [0.25, 0.3) is 0 Å². The van der Waals surface area contributed by atoms with Crippen LogP contribution in [-0.4, -0.2) is 24.9 Å². The van der Waals surface area contributed by atoms with E-state index in [2.05, 4.69) is 13.8 Å². The predicted octanol–water partition coefficient (Wildman–Crippen LogP) is 3.18. The summed E-state index contributed by atoms with van der Waals surface area (Å²) in [6.45, 7) is 6.71. The monoisotopic (exact) mass is 252 g/mol. The number of methoxy groups -OCH3 is 1. The van der Waals surface area contributed by atoms with E-state index >= 15 is 0 Å². The van der Waals surface area contributed by atoms with E-state index in [1.807, 2.05) is 31.2 Å². The molecule has 0 bridgehead atoms. The highest BCUT2D eigenvalue weighted by Gasteiger charge is 2.11. The zero-order valence-corrected chi connectivity index (χ0v) is 11.7. The number of aliphatic hydroxyl groups is 1. The molecule has 2 atom stereocenters. The van der Waals surface area contributed by atoms with E-state index in [0.29, 0.717) is 12.5 Å². The Kier molecular flexibility index (Phi) is 6.16. The highest BCUT2D eigenvalue weighted by molar-refractivity contribution is 5.28. The van der Waals surface area contributed by atoms with Crippen molar-refractivity contribution in [2.24, 2.45) is 5.92 Å². The molecule has 0 heterocycles. The van der Waals surface area contributed by atoms with E-state index < -0.39 is 6.10 Å². The molecule has 0 aliphatic heterocycles. The number of hydrogen-bond donors (Lipinski definition) is 1. The summed E-state index contributed by atoms with van der Waals surface area (Å²) < 4.78 is 10.7. The molecule has 0 aliphatic carbocycles. The molecule has 0 saturated heterocycles. The van der Waals surface area contributed by atoms with Gasteiger partial charge in [0.15, 0.2) is 0 Å². The SMILES string of the molecule is COc1ccc(C(O)COC(C)CC(C)C)cc1. The Balaban J connectivity index is 2.42. The van der Waals surface area contributed by atoms with Crippen LogP contribution in [0.25, 0.3) is 0 Å². The zero-order chi connectivity index (χ0) is 13.5. The largest absolute Gasteiger partial charge is 0.497 e. The minimum atomic E-state index is -0.578. The van der Waals surface area contributed by atoms with E-state index in [1.165, 1.54) is 0 Å². The van der Waals surface area contributed by atoms with E-state index in [9.17, 15) is 5.11 Å². The molecular formula is C15H24O3. The first-order valence-corrected chi connectivity index (χ1v) is 6.46. The lowest BCUT2D eigenvalue weighted by atomic mass is 10.1. The Hall–Kier alpha value is -1.06. The predicted molar refractivity (Wildman–Crippen MR) is 72.8 cm³/mol. The number of rotatable bonds is 7. The first kappa shape index (κ1) is 15.0. The fourth-order valence-corrected chi connectivity index (χ4v) is 1.91. The van der Waals surface area contributed by atoms with E-state index in [0.717, 1.165) is 17.7 Å². The summed E-state index contributed by atoms with van der Waals surface area (Å²) in [4.78, 5) is 0. The van der Waals surface area contributed by atoms with E-state index in [-0.39, 0.29) is 6.10 Å². The lowest BCUT2D eigenvalue weighted by Crippen LogP contribution is -2.16. The first-order chi connectivity index (χ1) is 8.52. The van der Waals surface area contributed by atoms with Gasteiger partial charge in [-0.2, -0.15) is 0 Å². The van der Waals surface area contributed by atoms with Crippen LogP contribution in [0.5, 0.6) is 5.75 Å². The van der Waals surface area contributed by atoms with Crippen molar-refractivity contribution < 1.29 is 14.6 Å². The second-order valence-electron chi connectivity index (χ2n) is 5.06. The summed E-state index contributed by atoms with van der Waals surface area (Å²) in [5.41, 5.74) is 0.854. The highest BCUT2D eigenvalue weighted by Crippen LogP contribution is 2.19. The summed E-state index contributed by atoms with van der Waals surface area (Å²) in [7, 11) is 1.63. The molecule has 3 heteroatoms. The van der Waals surface area contributed by atoms with Gasteiger partial charge in [-0.25, -0.2) is 0 Å². The summed E-state index contributed by atoms with van der Waals surface area (Å²) in [6.07, 6.45) is 0.610. The van der Waals surface area contributed by atoms with Gasteiger partial charge in [0.05, 0.1) is 19.8 Å². The van der Waals surface area contributed by atoms with Crippen LogP contribution in [0.15, 0.2) is 24.3 Å². The van der Waals surface area contributed by atoms with Crippen molar-refractivity contribution in [2.75, 3.05) is 13.7 Å². The minimum Gasteiger partial charge on any atom is -0.497 e. The molecule has 1 rings (SSSR count). The summed E-state index contributed by atoms with van der Waals surface area (Å²) in [6, 6.07) is 7.41. The third-order valence-corrected chi connectivity index (χ3v) is 2.84. The summed E-state index contributed by atoms with van der Waals surface area (Å²) >= 11 is 0. The molecule has 18 heavy (non-hydrogen) atoms. The topological polar surface area (TPSA) is 38.7 Å². The second kappa shape index (κ2) is 7.39. The van der Waals surface area contributed by atoms with Crippen molar-refractivity contribution >= 4 is 0 Å². The molecule has 1 aromatic carbocycles. The quantitative estimate of drug-likeness (QED) is 0.810. The van der Waals surface area contributed by atoms with Crippen molar-refractivity contribution in [3.63, 3.8) is 0 Å². The smallest absolute Gasteiger partial charge is 0.118 e. The van der Waals surface area contributed by atoms with E-state index in [4.69, 9.17) is 9.47 Å². The molecule has 1 aromatic rings. The molecule has 0 radical (unpaired) electrons. The fraction of sp³-hybridized carbons (Fsp3) is 0.600. The van der Waals surface area contributed by atoms with Gasteiger partial charge in [-0.3, -0.25) is 0 Å². The zero-order valence-electron chi connectivity index (χ0n) is 11.7. The Morgan fingerprint density at radius 2 is 1.72 bits per heavy atom. The Morgan fingerprint density at radius 3 is 2.22 bits per heavy atom. The van der Waals surface area contributed by atoms with Crippen LogP contribution < -0.4 is 4.74 Å². The van der Waals surface area contributed by atoms with Gasteiger partial charge in [0.1, 0.15) is 11.9 Å². The third kappa shape index (κ3) is 5.07. The molecule has 102 valence electrons. The van der Waals surface area contributed by atoms with Crippen molar-refractivity contribution in [2.45, 2.75) is 39.4 Å². The first-order valence-electron chi connectivity index (χ1n) is 6.46. The lowest BCUT2D eigenvalue weighted by molar-refractivity contribution is -0.0101. The standard InChI is InChI=1S/C15H24O3/c1-11(2)9-12(3)18-10-15(16)13-5-7-14(17-4)8-6-13/h5-8,11-12,15-16H,9-10H2,1-4H3. The van der Waals surface area contributed by atoms with Crippen LogP contribution in [0.4, 0.5) is 0 Å². The van der Waals surface area contributed by atoms with Crippen molar-refractivity contribution in [3.05, 3.63) is 29.8 Å². The van der Waals surface area contributed by atoms with Crippen LogP contribution in [0.3, 0.4) is 0 Å². The molecule has 0 aliphatic rings. The van der Waals surface area contributed by atoms with Crippen molar-refractivity contribution in [3.8, 4) is 5.75 Å². The van der Waals surface area contributed by atoms with Gasteiger partial charge in [-0.05, 0) is 37.0 Å². The Morgan fingerprint density at radius 1 is 1.11 bits per heavy atom. The summed E-state index contributed by atoms with van der Waals surface area (Å²) in [5.74, 6) is 1.40. The maximum absolute atomic E-state index is 10.0. The van der Waals surface area contributed by atoms with Crippen molar-refractivity contribution in [1.82, 2.24) is 0 Å². The third-order valence-electron chi connectivity index (χ3n) is 2.84. The molecule has 3 nitrogen and oxygen atoms in total. The molecular weight excluding hydrogens is 228 g/mol. The average Bonchev–Trinajstić information content (AvgIpc) is 2.35. The Bertz CT molecular complexity index is 332. The second-order valence-corrected chi connectivity index (χ2v) is 5.06. The van der Waals surface area contributed by atoms with Crippen molar-refractivity contribution in [1.29, 1.82) is 0 Å². The van der Waals surface area contributed by atoms with Crippen LogP contribution >= 0.6 is 0 Å². The maximum atomic E-state index is 10.0. The molecule has 0 spiro atoms. The summed E-state index contributed by atoms with van der Waals surface area (Å²) in [5, 5.41) is 10.0. The van der Waals surface area contributed by atoms with Crippen LogP contribution in [-0.2, 0) is 4.74 Å². The molecule has 0 amide bonds. The molecule has 1 N–H and O–H groups in total. The van der Waals surface area contributed by atoms with Gasteiger partial charge < -0.3 is 14.6 Å².